The van der Waals surface area contributed by atoms with E-state index in [1.54, 1.807) is 0 Å². The van der Waals surface area contributed by atoms with Crippen LogP contribution in [0, 0.1) is 5.41 Å². The molecule has 21 heavy (non-hydrogen) atoms. The molecule has 5 nitrogen and oxygen atoms in total. The Morgan fingerprint density at radius 2 is 2.10 bits per heavy atom. The molecule has 0 amide bonds. The van der Waals surface area contributed by atoms with E-state index in [2.05, 4.69) is 31.0 Å². The first-order valence-corrected chi connectivity index (χ1v) is 8.20. The zero-order valence-electron chi connectivity index (χ0n) is 13.9. The minimum Gasteiger partial charge on any atom is -0.395 e. The van der Waals surface area contributed by atoms with Gasteiger partial charge in [-0.1, -0.05) is 0 Å². The van der Waals surface area contributed by atoms with Gasteiger partial charge in [0, 0.05) is 37.2 Å². The summed E-state index contributed by atoms with van der Waals surface area (Å²) in [5.41, 5.74) is 0.266. The minimum absolute atomic E-state index is 0.117. The quantitative estimate of drug-likeness (QED) is 0.789. The van der Waals surface area contributed by atoms with Gasteiger partial charge in [0.1, 0.15) is 0 Å². The molecule has 2 aliphatic rings. The number of hydrogen-bond acceptors (Lipinski definition) is 5. The van der Waals surface area contributed by atoms with E-state index in [1.165, 1.54) is 6.42 Å². The van der Waals surface area contributed by atoms with Crippen LogP contribution in [0.1, 0.15) is 33.6 Å². The molecule has 2 fully saturated rings. The third-order valence-corrected chi connectivity index (χ3v) is 4.50. The molecule has 0 aromatic carbocycles. The van der Waals surface area contributed by atoms with E-state index in [-0.39, 0.29) is 23.6 Å². The van der Waals surface area contributed by atoms with Crippen LogP contribution in [0.3, 0.4) is 0 Å². The Kier molecular flexibility index (Phi) is 6.03. The van der Waals surface area contributed by atoms with Crippen LogP contribution in [-0.2, 0) is 9.47 Å². The molecule has 0 radical (unpaired) electrons. The number of aliphatic hydroxyl groups is 1. The van der Waals surface area contributed by atoms with E-state index in [0.29, 0.717) is 6.61 Å². The molecule has 5 heteroatoms. The molecule has 2 heterocycles. The Morgan fingerprint density at radius 3 is 2.71 bits per heavy atom. The van der Waals surface area contributed by atoms with Crippen molar-refractivity contribution in [2.75, 3.05) is 52.7 Å². The molecule has 2 rings (SSSR count). The molecular formula is C16H32N2O3. The first-order chi connectivity index (χ1) is 9.94. The third kappa shape index (κ3) is 5.18. The van der Waals surface area contributed by atoms with Gasteiger partial charge in [-0.2, -0.15) is 0 Å². The van der Waals surface area contributed by atoms with E-state index < -0.39 is 0 Å². The molecule has 0 bridgehead atoms. The van der Waals surface area contributed by atoms with Gasteiger partial charge in [-0.25, -0.2) is 0 Å². The van der Waals surface area contributed by atoms with E-state index in [4.69, 9.17) is 9.47 Å². The first-order valence-electron chi connectivity index (χ1n) is 8.20. The molecule has 2 N–H and O–H groups in total. The van der Waals surface area contributed by atoms with Crippen LogP contribution in [0.2, 0.25) is 0 Å². The molecule has 0 spiro atoms. The lowest BCUT2D eigenvalue weighted by Gasteiger charge is -2.45. The maximum atomic E-state index is 9.57. The van der Waals surface area contributed by atoms with Gasteiger partial charge in [-0.3, -0.25) is 4.90 Å². The fraction of sp³-hybridized carbons (Fsp3) is 1.00. The fourth-order valence-electron chi connectivity index (χ4n) is 3.18. The Balaban J connectivity index is 2.00. The normalized spacial score (nSPS) is 32.3. The second-order valence-corrected chi connectivity index (χ2v) is 7.64. The number of morpholine rings is 1. The highest BCUT2D eigenvalue weighted by Gasteiger charge is 2.38. The van der Waals surface area contributed by atoms with Crippen molar-refractivity contribution >= 4 is 0 Å². The predicted octanol–water partition coefficient (Wildman–Crippen LogP) is 0.864. The molecule has 0 aromatic heterocycles. The summed E-state index contributed by atoms with van der Waals surface area (Å²) in [6, 6.07) is 0.132. The highest BCUT2D eigenvalue weighted by molar-refractivity contribution is 4.91. The van der Waals surface area contributed by atoms with Gasteiger partial charge >= 0.3 is 0 Å². The topological polar surface area (TPSA) is 54.0 Å². The molecule has 0 aromatic rings. The third-order valence-electron chi connectivity index (χ3n) is 4.50. The van der Waals surface area contributed by atoms with Crippen molar-refractivity contribution in [1.29, 1.82) is 0 Å². The number of nitrogens with zero attached hydrogens (tertiary/aromatic N) is 1. The smallest absolute Gasteiger partial charge is 0.0644 e. The van der Waals surface area contributed by atoms with Crippen molar-refractivity contribution in [3.05, 3.63) is 0 Å². The summed E-state index contributed by atoms with van der Waals surface area (Å²) in [5, 5.41) is 13.2. The molecular weight excluding hydrogens is 268 g/mol. The second-order valence-electron chi connectivity index (χ2n) is 7.64. The summed E-state index contributed by atoms with van der Waals surface area (Å²) in [6.07, 6.45) is 2.31. The van der Waals surface area contributed by atoms with Crippen molar-refractivity contribution in [2.45, 2.75) is 45.2 Å². The number of rotatable bonds is 5. The largest absolute Gasteiger partial charge is 0.395 e. The van der Waals surface area contributed by atoms with Crippen molar-refractivity contribution in [3.63, 3.8) is 0 Å². The van der Waals surface area contributed by atoms with Crippen LogP contribution in [0.15, 0.2) is 0 Å². The highest BCUT2D eigenvalue weighted by Crippen LogP contribution is 2.31. The minimum atomic E-state index is 0.117. The number of ether oxygens (including phenoxy) is 2. The predicted molar refractivity (Wildman–Crippen MR) is 83.5 cm³/mol. The summed E-state index contributed by atoms with van der Waals surface area (Å²) in [7, 11) is 0. The molecule has 2 unspecified atom stereocenters. The van der Waals surface area contributed by atoms with Gasteiger partial charge in [-0.15, -0.1) is 0 Å². The average Bonchev–Trinajstić information content (AvgIpc) is 2.46. The number of hydrogen-bond donors (Lipinski definition) is 2. The van der Waals surface area contributed by atoms with E-state index in [0.717, 1.165) is 45.9 Å². The molecule has 2 saturated heterocycles. The first kappa shape index (κ1) is 17.2. The Morgan fingerprint density at radius 1 is 1.29 bits per heavy atom. The summed E-state index contributed by atoms with van der Waals surface area (Å²) >= 11 is 0. The van der Waals surface area contributed by atoms with Crippen molar-refractivity contribution in [1.82, 2.24) is 10.2 Å². The SMILES string of the molecule is CC(C)(C)NCC1(CN2CCOCC2CO)CCCOC1. The van der Waals surface area contributed by atoms with Crippen molar-refractivity contribution in [3.8, 4) is 0 Å². The lowest BCUT2D eigenvalue weighted by atomic mass is 9.80. The van der Waals surface area contributed by atoms with Crippen LogP contribution in [-0.4, -0.2) is 74.3 Å². The molecule has 0 saturated carbocycles. The van der Waals surface area contributed by atoms with Crippen LogP contribution in [0.25, 0.3) is 0 Å². The van der Waals surface area contributed by atoms with Gasteiger partial charge in [0.15, 0.2) is 0 Å². The zero-order chi connectivity index (χ0) is 15.3. The summed E-state index contributed by atoms with van der Waals surface area (Å²) in [4.78, 5) is 2.39. The van der Waals surface area contributed by atoms with Crippen LogP contribution in [0.4, 0.5) is 0 Å². The zero-order valence-corrected chi connectivity index (χ0v) is 13.9. The molecule has 2 aliphatic heterocycles. The van der Waals surface area contributed by atoms with Crippen molar-refractivity contribution < 1.29 is 14.6 Å². The average molecular weight is 300 g/mol. The maximum Gasteiger partial charge on any atom is 0.0644 e. The van der Waals surface area contributed by atoms with E-state index >= 15 is 0 Å². The van der Waals surface area contributed by atoms with Gasteiger partial charge in [0.2, 0.25) is 0 Å². The molecule has 124 valence electrons. The Labute approximate surface area is 129 Å². The summed E-state index contributed by atoms with van der Waals surface area (Å²) in [6.45, 7) is 12.7. The van der Waals surface area contributed by atoms with Crippen molar-refractivity contribution in [2.24, 2.45) is 5.41 Å². The number of aliphatic hydroxyl groups excluding tert-OH is 1. The van der Waals surface area contributed by atoms with Gasteiger partial charge in [0.25, 0.3) is 0 Å². The van der Waals surface area contributed by atoms with Gasteiger partial charge in [0.05, 0.1) is 32.5 Å². The highest BCUT2D eigenvalue weighted by atomic mass is 16.5. The Bertz CT molecular complexity index is 311. The van der Waals surface area contributed by atoms with Crippen LogP contribution < -0.4 is 5.32 Å². The molecule has 0 aliphatic carbocycles. The summed E-state index contributed by atoms with van der Waals surface area (Å²) in [5.74, 6) is 0. The second kappa shape index (κ2) is 7.38. The molecule has 2 atom stereocenters. The maximum absolute atomic E-state index is 9.57. The number of nitrogens with one attached hydrogen (secondary N) is 1. The lowest BCUT2D eigenvalue weighted by Crippen LogP contribution is -2.57. The van der Waals surface area contributed by atoms with E-state index in [9.17, 15) is 5.11 Å². The Hall–Kier alpha value is -0.200. The monoisotopic (exact) mass is 300 g/mol. The van der Waals surface area contributed by atoms with Gasteiger partial charge in [-0.05, 0) is 33.6 Å². The van der Waals surface area contributed by atoms with E-state index in [1.807, 2.05) is 0 Å². The fourth-order valence-corrected chi connectivity index (χ4v) is 3.18. The van der Waals surface area contributed by atoms with Gasteiger partial charge < -0.3 is 19.9 Å². The standard InChI is InChI=1S/C16H32N2O3/c1-15(2,3)17-11-16(5-4-7-21-13-16)12-18-6-8-20-10-14(18)9-19/h14,17,19H,4-13H2,1-3H3. The van der Waals surface area contributed by atoms with Crippen LogP contribution >= 0.6 is 0 Å². The van der Waals surface area contributed by atoms with Crippen LogP contribution in [0.5, 0.6) is 0 Å². The lowest BCUT2D eigenvalue weighted by molar-refractivity contribution is -0.0763. The summed E-state index contributed by atoms with van der Waals surface area (Å²) < 4.78 is 11.3.